The van der Waals surface area contributed by atoms with Crippen molar-refractivity contribution >= 4 is 23.7 Å². The summed E-state index contributed by atoms with van der Waals surface area (Å²) >= 11 is 6.33. The molecule has 4 nitrogen and oxygen atoms in total. The van der Waals surface area contributed by atoms with Gasteiger partial charge in [0.05, 0.1) is 17.7 Å². The molecule has 0 aliphatic heterocycles. The highest BCUT2D eigenvalue weighted by Crippen LogP contribution is 2.45. The van der Waals surface area contributed by atoms with Gasteiger partial charge in [0.15, 0.2) is 6.29 Å². The van der Waals surface area contributed by atoms with Gasteiger partial charge in [-0.15, -0.1) is 0 Å². The van der Waals surface area contributed by atoms with Gasteiger partial charge >= 0.3 is 0 Å². The van der Waals surface area contributed by atoms with E-state index in [4.69, 9.17) is 16.3 Å². The lowest BCUT2D eigenvalue weighted by molar-refractivity contribution is -0.129. The Morgan fingerprint density at radius 2 is 2.03 bits per heavy atom. The smallest absolute Gasteiger partial charge is 0.154 e. The molecular weight excluding hydrogens is 388 g/mol. The highest BCUT2D eigenvalue weighted by molar-refractivity contribution is 6.33. The zero-order valence-electron chi connectivity index (χ0n) is 18.1. The first kappa shape index (κ1) is 23.2. The Morgan fingerprint density at radius 1 is 1.38 bits per heavy atom. The van der Waals surface area contributed by atoms with Crippen LogP contribution in [-0.4, -0.2) is 24.3 Å². The number of methoxy groups -OCH3 is 1. The number of hydrogen-bond acceptors (Lipinski definition) is 4. The van der Waals surface area contributed by atoms with Gasteiger partial charge in [-0.1, -0.05) is 56.2 Å². The van der Waals surface area contributed by atoms with E-state index in [1.165, 1.54) is 7.11 Å². The average molecular weight is 419 g/mol. The molecule has 1 aliphatic rings. The first-order chi connectivity index (χ1) is 13.6. The monoisotopic (exact) mass is 418 g/mol. The highest BCUT2D eigenvalue weighted by atomic mass is 35.5. The van der Waals surface area contributed by atoms with Crippen LogP contribution in [0.25, 0.3) is 0 Å². The van der Waals surface area contributed by atoms with Crippen molar-refractivity contribution in [2.24, 2.45) is 17.3 Å². The SMILES string of the molecule is COc1c(Cl)c(C)c(C=O)c(O)c1C/C=C(C)/C=C/[C@@]1(C)[C@H](C)CCC(=O)[C@@H]1C. The number of Topliss-reactive ketones (excluding diaryl/α,β-unsaturated/α-hetero) is 1. The third kappa shape index (κ3) is 4.42. The van der Waals surface area contributed by atoms with Crippen LogP contribution in [0.4, 0.5) is 0 Å². The number of rotatable bonds is 6. The molecule has 0 unspecified atom stereocenters. The molecule has 1 aromatic rings. The number of benzene rings is 1. The molecule has 1 fully saturated rings. The standard InChI is InChI=1S/C24H31ClO4/c1-14(11-12-24(5)15(2)8-10-20(27)17(24)4)7-9-18-22(28)19(13-26)16(3)21(25)23(18)29-6/h7,11-13,15,17,28H,8-10H2,1-6H3/b12-11+,14-7+/t15-,17+,24+/m1/s1. The molecule has 1 aromatic carbocycles. The Kier molecular flexibility index (Phi) is 7.34. The number of aromatic hydroxyl groups is 1. The van der Waals surface area contributed by atoms with Crippen LogP contribution >= 0.6 is 11.6 Å². The van der Waals surface area contributed by atoms with Crippen molar-refractivity contribution in [3.63, 3.8) is 0 Å². The Morgan fingerprint density at radius 3 is 2.62 bits per heavy atom. The van der Waals surface area contributed by atoms with Crippen molar-refractivity contribution < 1.29 is 19.4 Å². The first-order valence-corrected chi connectivity index (χ1v) is 10.4. The van der Waals surface area contributed by atoms with Gasteiger partial charge in [0.1, 0.15) is 17.3 Å². The predicted octanol–water partition coefficient (Wildman–Crippen LogP) is 5.86. The number of halogens is 1. The van der Waals surface area contributed by atoms with Crippen LogP contribution in [-0.2, 0) is 11.2 Å². The molecule has 3 atom stereocenters. The average Bonchev–Trinajstić information content (AvgIpc) is 2.70. The van der Waals surface area contributed by atoms with Crippen molar-refractivity contribution in [1.82, 2.24) is 0 Å². The van der Waals surface area contributed by atoms with Gasteiger partial charge in [-0.25, -0.2) is 0 Å². The molecule has 0 saturated heterocycles. The maximum Gasteiger partial charge on any atom is 0.154 e. The van der Waals surface area contributed by atoms with E-state index in [9.17, 15) is 14.7 Å². The van der Waals surface area contributed by atoms with E-state index < -0.39 is 0 Å². The van der Waals surface area contributed by atoms with E-state index in [0.717, 1.165) is 12.0 Å². The van der Waals surface area contributed by atoms with E-state index in [1.54, 1.807) is 6.92 Å². The number of phenols is 1. The van der Waals surface area contributed by atoms with Crippen LogP contribution in [0, 0.1) is 24.2 Å². The third-order valence-electron chi connectivity index (χ3n) is 6.70. The van der Waals surface area contributed by atoms with Crippen molar-refractivity contribution in [2.45, 2.75) is 53.9 Å². The minimum atomic E-state index is -0.178. The fraction of sp³-hybridized carbons (Fsp3) is 0.500. The Hall–Kier alpha value is -2.07. The van der Waals surface area contributed by atoms with Gasteiger partial charge in [0, 0.05) is 17.9 Å². The van der Waals surface area contributed by atoms with Crippen molar-refractivity contribution in [3.8, 4) is 11.5 Å². The lowest BCUT2D eigenvalue weighted by Crippen LogP contribution is -2.40. The van der Waals surface area contributed by atoms with Crippen LogP contribution in [0.3, 0.4) is 0 Å². The summed E-state index contributed by atoms with van der Waals surface area (Å²) in [6.45, 7) is 10.0. The quantitative estimate of drug-likeness (QED) is 0.464. The molecule has 1 N–H and O–H groups in total. The van der Waals surface area contributed by atoms with E-state index in [2.05, 4.69) is 19.9 Å². The number of hydrogen-bond donors (Lipinski definition) is 1. The highest BCUT2D eigenvalue weighted by Gasteiger charge is 2.41. The minimum absolute atomic E-state index is 0.00880. The number of carbonyl (C=O) groups excluding carboxylic acids is 2. The molecule has 5 heteroatoms. The molecule has 29 heavy (non-hydrogen) atoms. The molecule has 2 rings (SSSR count). The van der Waals surface area contributed by atoms with E-state index >= 15 is 0 Å². The van der Waals surface area contributed by atoms with Gasteiger partial charge in [0.25, 0.3) is 0 Å². The molecule has 0 bridgehead atoms. The fourth-order valence-electron chi connectivity index (χ4n) is 4.03. The summed E-state index contributed by atoms with van der Waals surface area (Å²) in [7, 11) is 1.49. The van der Waals surface area contributed by atoms with Gasteiger partial charge in [-0.2, -0.15) is 0 Å². The predicted molar refractivity (Wildman–Crippen MR) is 117 cm³/mol. The van der Waals surface area contributed by atoms with Gasteiger partial charge in [-0.05, 0) is 43.6 Å². The molecule has 0 amide bonds. The van der Waals surface area contributed by atoms with Crippen LogP contribution < -0.4 is 4.74 Å². The molecular formula is C24H31ClO4. The summed E-state index contributed by atoms with van der Waals surface area (Å²) in [5.41, 5.74) is 1.98. The van der Waals surface area contributed by atoms with Crippen molar-refractivity contribution in [3.05, 3.63) is 45.5 Å². The molecule has 0 heterocycles. The van der Waals surface area contributed by atoms with Crippen LogP contribution in [0.1, 0.15) is 62.0 Å². The van der Waals surface area contributed by atoms with Crippen molar-refractivity contribution in [1.29, 1.82) is 0 Å². The number of phenolic OH excluding ortho intramolecular Hbond substituents is 1. The molecule has 158 valence electrons. The second kappa shape index (κ2) is 9.17. The molecule has 0 aromatic heterocycles. The zero-order valence-corrected chi connectivity index (χ0v) is 18.9. The van der Waals surface area contributed by atoms with Gasteiger partial charge in [-0.3, -0.25) is 9.59 Å². The molecule has 0 radical (unpaired) electrons. The second-order valence-electron chi connectivity index (χ2n) is 8.31. The topological polar surface area (TPSA) is 63.6 Å². The number of carbonyl (C=O) groups is 2. The number of ether oxygens (including phenoxy) is 1. The molecule has 1 aliphatic carbocycles. The second-order valence-corrected chi connectivity index (χ2v) is 8.69. The lowest BCUT2D eigenvalue weighted by Gasteiger charge is -2.42. The third-order valence-corrected chi connectivity index (χ3v) is 7.16. The van der Waals surface area contributed by atoms with E-state index in [0.29, 0.717) is 52.7 Å². The maximum atomic E-state index is 12.2. The van der Waals surface area contributed by atoms with Crippen LogP contribution in [0.5, 0.6) is 11.5 Å². The Bertz CT molecular complexity index is 868. The Balaban J connectivity index is 2.33. The minimum Gasteiger partial charge on any atom is -0.507 e. The van der Waals surface area contributed by atoms with E-state index in [-0.39, 0.29) is 22.6 Å². The first-order valence-electron chi connectivity index (χ1n) is 10.00. The summed E-state index contributed by atoms with van der Waals surface area (Å²) in [6, 6.07) is 0. The number of ketones is 1. The van der Waals surface area contributed by atoms with Gasteiger partial charge < -0.3 is 9.84 Å². The fourth-order valence-corrected chi connectivity index (χ4v) is 4.32. The van der Waals surface area contributed by atoms with E-state index in [1.807, 2.05) is 26.0 Å². The van der Waals surface area contributed by atoms with Gasteiger partial charge in [0.2, 0.25) is 0 Å². The largest absolute Gasteiger partial charge is 0.507 e. The lowest BCUT2D eigenvalue weighted by atomic mass is 9.61. The summed E-state index contributed by atoms with van der Waals surface area (Å²) in [4.78, 5) is 23.6. The number of allylic oxidation sites excluding steroid dienone is 4. The summed E-state index contributed by atoms with van der Waals surface area (Å²) in [5.74, 6) is 1.02. The maximum absolute atomic E-state index is 12.2. The molecule has 1 saturated carbocycles. The normalized spacial score (nSPS) is 25.5. The molecule has 0 spiro atoms. The van der Waals surface area contributed by atoms with Crippen molar-refractivity contribution in [2.75, 3.05) is 7.11 Å². The Labute approximate surface area is 178 Å². The van der Waals surface area contributed by atoms with Crippen LogP contribution in [0.15, 0.2) is 23.8 Å². The number of aldehydes is 1. The summed E-state index contributed by atoms with van der Waals surface area (Å²) < 4.78 is 5.39. The van der Waals surface area contributed by atoms with Crippen LogP contribution in [0.2, 0.25) is 5.02 Å². The summed E-state index contributed by atoms with van der Waals surface area (Å²) in [5, 5.41) is 10.9. The summed E-state index contributed by atoms with van der Waals surface area (Å²) in [6.07, 6.45) is 8.68. The zero-order chi connectivity index (χ0) is 21.9.